The average molecular weight is 708 g/mol. The molecule has 8 rings (SSSR count). The van der Waals surface area contributed by atoms with Crippen molar-refractivity contribution < 1.29 is 4.58 Å². The second kappa shape index (κ2) is 14.9. The molecule has 54 heavy (non-hydrogen) atoms. The molecule has 2 heteroatoms. The highest BCUT2D eigenvalue weighted by Gasteiger charge is 2.49. The van der Waals surface area contributed by atoms with Crippen LogP contribution in [0.2, 0.25) is 0 Å². The maximum Gasteiger partial charge on any atom is 0.210 e. The smallest absolute Gasteiger partial charge is 0.210 e. The van der Waals surface area contributed by atoms with Crippen LogP contribution < -0.4 is 4.90 Å². The zero-order valence-corrected chi connectivity index (χ0v) is 32.9. The highest BCUT2D eigenvalue weighted by molar-refractivity contribution is 6.08. The highest BCUT2D eigenvalue weighted by atomic mass is 15.2. The number of anilines is 1. The van der Waals surface area contributed by atoms with Gasteiger partial charge in [-0.25, -0.2) is 0 Å². The average Bonchev–Trinajstić information content (AvgIpc) is 3.57. The molecule has 2 nitrogen and oxygen atoms in total. The number of hydrogen-bond acceptors (Lipinski definition) is 1. The van der Waals surface area contributed by atoms with Crippen LogP contribution in [-0.2, 0) is 23.7 Å². The molecule has 0 spiro atoms. The molecule has 0 aliphatic carbocycles. The number of rotatable bonds is 12. The summed E-state index contributed by atoms with van der Waals surface area (Å²) in [5, 5.41) is 5.35. The summed E-state index contributed by atoms with van der Waals surface area (Å²) in [4.78, 5) is 2.66. The van der Waals surface area contributed by atoms with Gasteiger partial charge in [0.25, 0.3) is 0 Å². The van der Waals surface area contributed by atoms with Gasteiger partial charge in [0.15, 0.2) is 5.71 Å². The third kappa shape index (κ3) is 6.40. The summed E-state index contributed by atoms with van der Waals surface area (Å²) in [5.41, 5.74) is 10.7. The van der Waals surface area contributed by atoms with Gasteiger partial charge in [-0.15, -0.1) is 0 Å². The first-order valence-corrected chi connectivity index (χ1v) is 20.3. The molecule has 2 heterocycles. The standard InChI is InChI=1S/C52H55N2/c1-6-7-34-53-45-31-29-41-23-14-16-25-43(41)49(45)51(4,36-39-19-10-8-11-20-39)47(53)27-18-28-48-52(5,37-40-21-12-9-13-22-40)50-44-26-17-15-24-42(44)30-32-46(50)54(48)35-33-38(2)3/h8-32,38H,6-7,33-37H2,1-5H3/q+1. The Kier molecular flexibility index (Phi) is 9.88. The zero-order valence-electron chi connectivity index (χ0n) is 32.9. The number of unbranched alkanes of at least 4 members (excludes halogenated alkanes) is 1. The van der Waals surface area contributed by atoms with E-state index in [9.17, 15) is 0 Å². The topological polar surface area (TPSA) is 6.25 Å². The summed E-state index contributed by atoms with van der Waals surface area (Å²) in [7, 11) is 0. The van der Waals surface area contributed by atoms with E-state index in [4.69, 9.17) is 0 Å². The summed E-state index contributed by atoms with van der Waals surface area (Å²) in [6.07, 6.45) is 12.7. The van der Waals surface area contributed by atoms with Crippen LogP contribution in [0.25, 0.3) is 21.5 Å². The Balaban J connectivity index is 1.32. The normalized spacial score (nSPS) is 20.3. The van der Waals surface area contributed by atoms with E-state index < -0.39 is 0 Å². The number of benzene rings is 6. The molecule has 0 bridgehead atoms. The van der Waals surface area contributed by atoms with Crippen molar-refractivity contribution in [3.8, 4) is 0 Å². The lowest BCUT2D eigenvalue weighted by molar-refractivity contribution is -0.438. The lowest BCUT2D eigenvalue weighted by Gasteiger charge is -2.31. The molecule has 0 aromatic heterocycles. The number of hydrogen-bond donors (Lipinski definition) is 0. The van der Waals surface area contributed by atoms with Gasteiger partial charge in [0.1, 0.15) is 6.54 Å². The van der Waals surface area contributed by atoms with Gasteiger partial charge in [0.2, 0.25) is 5.69 Å². The molecule has 0 saturated carbocycles. The Bertz CT molecular complexity index is 2380. The fraction of sp³-hybridized carbons (Fsp3) is 0.288. The van der Waals surface area contributed by atoms with E-state index in [-0.39, 0.29) is 10.8 Å². The Morgan fingerprint density at radius 2 is 1.22 bits per heavy atom. The number of nitrogens with zero attached hydrogens (tertiary/aromatic N) is 2. The van der Waals surface area contributed by atoms with E-state index in [0.29, 0.717) is 5.92 Å². The fourth-order valence-electron chi connectivity index (χ4n) is 9.57. The summed E-state index contributed by atoms with van der Waals surface area (Å²) in [6, 6.07) is 49.6. The second-order valence-corrected chi connectivity index (χ2v) is 16.5. The summed E-state index contributed by atoms with van der Waals surface area (Å²) >= 11 is 0. The van der Waals surface area contributed by atoms with E-state index in [1.807, 2.05) is 0 Å². The summed E-state index contributed by atoms with van der Waals surface area (Å²) < 4.78 is 2.65. The van der Waals surface area contributed by atoms with Gasteiger partial charge < -0.3 is 4.90 Å². The van der Waals surface area contributed by atoms with Crippen LogP contribution in [0.5, 0.6) is 0 Å². The molecular weight excluding hydrogens is 653 g/mol. The highest BCUT2D eigenvalue weighted by Crippen LogP contribution is 2.53. The van der Waals surface area contributed by atoms with E-state index in [1.54, 1.807) is 0 Å². The maximum atomic E-state index is 2.66. The van der Waals surface area contributed by atoms with Crippen LogP contribution in [0.3, 0.4) is 0 Å². The van der Waals surface area contributed by atoms with Crippen LogP contribution in [0.1, 0.15) is 76.1 Å². The first-order valence-electron chi connectivity index (χ1n) is 20.3. The van der Waals surface area contributed by atoms with Crippen molar-refractivity contribution >= 4 is 38.6 Å². The number of allylic oxidation sites excluding steroid dienone is 4. The largest absolute Gasteiger partial charge is 0.344 e. The first-order chi connectivity index (χ1) is 26.3. The van der Waals surface area contributed by atoms with Gasteiger partial charge in [-0.1, -0.05) is 149 Å². The van der Waals surface area contributed by atoms with Crippen LogP contribution in [0.4, 0.5) is 11.4 Å². The number of fused-ring (bicyclic) bond motifs is 6. The predicted octanol–water partition coefficient (Wildman–Crippen LogP) is 12.9. The van der Waals surface area contributed by atoms with Crippen LogP contribution in [0, 0.1) is 5.92 Å². The maximum absolute atomic E-state index is 2.66. The van der Waals surface area contributed by atoms with Crippen molar-refractivity contribution in [1.29, 1.82) is 0 Å². The van der Waals surface area contributed by atoms with E-state index in [2.05, 4.69) is 196 Å². The molecular formula is C52H55N2+. The van der Waals surface area contributed by atoms with Crippen molar-refractivity contribution in [2.45, 2.75) is 77.6 Å². The molecule has 272 valence electrons. The lowest BCUT2D eigenvalue weighted by Crippen LogP contribution is -2.34. The molecule has 0 amide bonds. The monoisotopic (exact) mass is 707 g/mol. The van der Waals surface area contributed by atoms with Gasteiger partial charge in [-0.3, -0.25) is 0 Å². The van der Waals surface area contributed by atoms with Gasteiger partial charge in [0, 0.05) is 47.5 Å². The minimum absolute atomic E-state index is 0.209. The molecule has 0 radical (unpaired) electrons. The Hall–Kier alpha value is -5.21. The quantitative estimate of drug-likeness (QED) is 0.115. The van der Waals surface area contributed by atoms with Gasteiger partial charge in [0.05, 0.1) is 5.41 Å². The van der Waals surface area contributed by atoms with Crippen molar-refractivity contribution in [3.05, 3.63) is 180 Å². The van der Waals surface area contributed by atoms with Crippen molar-refractivity contribution in [1.82, 2.24) is 0 Å². The summed E-state index contributed by atoms with van der Waals surface area (Å²) in [5.74, 6) is 0.611. The molecule has 0 fully saturated rings. The molecule has 2 unspecified atom stereocenters. The zero-order chi connectivity index (χ0) is 37.3. The van der Waals surface area contributed by atoms with Crippen LogP contribution >= 0.6 is 0 Å². The molecule has 2 aliphatic heterocycles. The lowest BCUT2D eigenvalue weighted by atomic mass is 9.73. The molecule has 6 aromatic carbocycles. The Morgan fingerprint density at radius 3 is 1.85 bits per heavy atom. The van der Waals surface area contributed by atoms with Crippen molar-refractivity contribution in [2.75, 3.05) is 18.0 Å². The molecule has 0 N–H and O–H groups in total. The van der Waals surface area contributed by atoms with Gasteiger partial charge >= 0.3 is 0 Å². The van der Waals surface area contributed by atoms with Crippen LogP contribution in [-0.4, -0.2) is 23.4 Å². The Labute approximate surface area is 323 Å². The van der Waals surface area contributed by atoms with Crippen molar-refractivity contribution in [3.63, 3.8) is 0 Å². The minimum Gasteiger partial charge on any atom is -0.344 e. The first kappa shape index (κ1) is 35.8. The van der Waals surface area contributed by atoms with E-state index in [1.165, 1.54) is 66.6 Å². The molecule has 2 atom stereocenters. The van der Waals surface area contributed by atoms with Crippen molar-refractivity contribution in [2.24, 2.45) is 5.92 Å². The summed E-state index contributed by atoms with van der Waals surface area (Å²) in [6.45, 7) is 14.0. The van der Waals surface area contributed by atoms with Gasteiger partial charge in [-0.2, -0.15) is 4.58 Å². The van der Waals surface area contributed by atoms with E-state index >= 15 is 0 Å². The predicted molar refractivity (Wildman–Crippen MR) is 232 cm³/mol. The Morgan fingerprint density at radius 1 is 0.648 bits per heavy atom. The fourth-order valence-corrected chi connectivity index (χ4v) is 9.57. The second-order valence-electron chi connectivity index (χ2n) is 16.5. The third-order valence-corrected chi connectivity index (χ3v) is 12.2. The van der Waals surface area contributed by atoms with Crippen LogP contribution in [0.15, 0.2) is 157 Å². The minimum atomic E-state index is -0.215. The SMILES string of the molecule is CCCC[N+]1=C(/C=C/C=C2/N(CCC(C)C)c3ccc4ccccc4c3C2(C)Cc2ccccc2)C(C)(Cc2ccccc2)c2c1ccc1ccccc21. The van der Waals surface area contributed by atoms with Gasteiger partial charge in [-0.05, 0) is 95.5 Å². The molecule has 6 aromatic rings. The molecule has 0 saturated heterocycles. The van der Waals surface area contributed by atoms with E-state index in [0.717, 1.165) is 45.2 Å². The third-order valence-electron chi connectivity index (χ3n) is 12.2. The molecule has 2 aliphatic rings.